The van der Waals surface area contributed by atoms with Gasteiger partial charge in [-0.1, -0.05) is 0 Å². The van der Waals surface area contributed by atoms with Gasteiger partial charge in [-0.05, 0) is 44.5 Å². The van der Waals surface area contributed by atoms with Gasteiger partial charge in [-0.3, -0.25) is 4.79 Å². The molecule has 1 aromatic carbocycles. The van der Waals surface area contributed by atoms with Crippen molar-refractivity contribution in [2.75, 3.05) is 12.4 Å². The lowest BCUT2D eigenvalue weighted by atomic mass is 10.2. The van der Waals surface area contributed by atoms with E-state index in [1.165, 1.54) is 7.11 Å². The topological polar surface area (TPSA) is 68.3 Å². The maximum absolute atomic E-state index is 12.0. The highest BCUT2D eigenvalue weighted by atomic mass is 32.1. The maximum atomic E-state index is 12.0. The summed E-state index contributed by atoms with van der Waals surface area (Å²) in [5.41, 5.74) is 2.11. The Kier molecular flexibility index (Phi) is 5.27. The Morgan fingerprint density at radius 2 is 1.91 bits per heavy atom. The molecule has 0 bridgehead atoms. The van der Waals surface area contributed by atoms with E-state index >= 15 is 0 Å². The summed E-state index contributed by atoms with van der Waals surface area (Å²) in [7, 11) is 1.33. The fourth-order valence-corrected chi connectivity index (χ4v) is 3.00. The number of ether oxygens (including phenoxy) is 1. The minimum Gasteiger partial charge on any atom is -0.465 e. The number of aromatic nitrogens is 1. The van der Waals surface area contributed by atoms with Gasteiger partial charge in [0, 0.05) is 17.0 Å². The number of aryl methyl sites for hydroxylation is 3. The van der Waals surface area contributed by atoms with Gasteiger partial charge in [0.1, 0.15) is 0 Å². The van der Waals surface area contributed by atoms with Crippen LogP contribution in [0.15, 0.2) is 24.3 Å². The quantitative estimate of drug-likeness (QED) is 0.860. The van der Waals surface area contributed by atoms with Crippen LogP contribution in [-0.2, 0) is 16.0 Å². The minimum atomic E-state index is -0.395. The predicted octanol–water partition coefficient (Wildman–Crippen LogP) is 3.12. The molecule has 0 aliphatic carbocycles. The number of anilines is 1. The number of carbonyl (C=O) groups is 2. The molecule has 6 heteroatoms. The first-order valence-electron chi connectivity index (χ1n) is 6.90. The third-order valence-electron chi connectivity index (χ3n) is 3.17. The van der Waals surface area contributed by atoms with E-state index < -0.39 is 5.97 Å². The summed E-state index contributed by atoms with van der Waals surface area (Å²) >= 11 is 1.63. The lowest BCUT2D eigenvalue weighted by Crippen LogP contribution is -2.12. The van der Waals surface area contributed by atoms with Crippen molar-refractivity contribution < 1.29 is 14.3 Å². The average molecular weight is 318 g/mol. The van der Waals surface area contributed by atoms with Gasteiger partial charge < -0.3 is 10.1 Å². The number of rotatable bonds is 5. The molecular formula is C16H18N2O3S. The summed E-state index contributed by atoms with van der Waals surface area (Å²) in [4.78, 5) is 28.8. The van der Waals surface area contributed by atoms with Crippen LogP contribution in [0, 0.1) is 13.8 Å². The first-order chi connectivity index (χ1) is 10.5. The van der Waals surface area contributed by atoms with Gasteiger partial charge in [0.25, 0.3) is 0 Å². The van der Waals surface area contributed by atoms with E-state index in [1.807, 2.05) is 13.8 Å². The van der Waals surface area contributed by atoms with Crippen molar-refractivity contribution in [3.05, 3.63) is 45.4 Å². The Labute approximate surface area is 133 Å². The normalized spacial score (nSPS) is 10.3. The average Bonchev–Trinajstić information content (AvgIpc) is 2.83. The van der Waals surface area contributed by atoms with Gasteiger partial charge in [-0.2, -0.15) is 0 Å². The van der Waals surface area contributed by atoms with Crippen LogP contribution in [-0.4, -0.2) is 24.0 Å². The molecule has 0 saturated carbocycles. The Balaban J connectivity index is 1.89. The van der Waals surface area contributed by atoms with Crippen molar-refractivity contribution in [1.29, 1.82) is 0 Å². The second-order valence-electron chi connectivity index (χ2n) is 4.86. The summed E-state index contributed by atoms with van der Waals surface area (Å²) in [5, 5.41) is 3.84. The Morgan fingerprint density at radius 1 is 1.23 bits per heavy atom. The Hall–Kier alpha value is -2.21. The fourth-order valence-electron chi connectivity index (χ4n) is 2.06. The van der Waals surface area contributed by atoms with Crippen molar-refractivity contribution >= 4 is 28.9 Å². The summed E-state index contributed by atoms with van der Waals surface area (Å²) < 4.78 is 4.63. The van der Waals surface area contributed by atoms with Gasteiger partial charge in [0.05, 0.1) is 23.4 Å². The van der Waals surface area contributed by atoms with Crippen LogP contribution in [0.2, 0.25) is 0 Å². The van der Waals surface area contributed by atoms with Crippen LogP contribution in [0.5, 0.6) is 0 Å². The first kappa shape index (κ1) is 16.2. The van der Waals surface area contributed by atoms with Gasteiger partial charge in [0.15, 0.2) is 0 Å². The number of hydrogen-bond donors (Lipinski definition) is 1. The SMILES string of the molecule is COC(=O)c1ccc(NC(=O)CCc2sc(C)nc2C)cc1. The lowest BCUT2D eigenvalue weighted by Gasteiger charge is -2.06. The van der Waals surface area contributed by atoms with Crippen LogP contribution < -0.4 is 5.32 Å². The lowest BCUT2D eigenvalue weighted by molar-refractivity contribution is -0.116. The number of amides is 1. The minimum absolute atomic E-state index is 0.0590. The second kappa shape index (κ2) is 7.17. The monoisotopic (exact) mass is 318 g/mol. The number of esters is 1. The summed E-state index contributed by atoms with van der Waals surface area (Å²) in [5.74, 6) is -0.454. The van der Waals surface area contributed by atoms with E-state index in [0.717, 1.165) is 15.6 Å². The van der Waals surface area contributed by atoms with Gasteiger partial charge >= 0.3 is 5.97 Å². The molecule has 116 valence electrons. The third-order valence-corrected chi connectivity index (χ3v) is 4.30. The first-order valence-corrected chi connectivity index (χ1v) is 7.72. The maximum Gasteiger partial charge on any atom is 0.337 e. The second-order valence-corrected chi connectivity index (χ2v) is 6.15. The van der Waals surface area contributed by atoms with Crippen LogP contribution in [0.4, 0.5) is 5.69 Å². The predicted molar refractivity (Wildman–Crippen MR) is 86.3 cm³/mol. The van der Waals surface area contributed by atoms with E-state index in [-0.39, 0.29) is 5.91 Å². The van der Waals surface area contributed by atoms with E-state index in [1.54, 1.807) is 35.6 Å². The number of thiazole rings is 1. The van der Waals surface area contributed by atoms with Crippen LogP contribution in [0.1, 0.15) is 32.4 Å². The van der Waals surface area contributed by atoms with E-state index in [9.17, 15) is 9.59 Å². The van der Waals surface area contributed by atoms with Gasteiger partial charge in [0.2, 0.25) is 5.91 Å². The number of nitrogens with zero attached hydrogens (tertiary/aromatic N) is 1. The van der Waals surface area contributed by atoms with Crippen molar-refractivity contribution in [2.45, 2.75) is 26.7 Å². The molecule has 2 aromatic rings. The molecule has 1 aromatic heterocycles. The number of benzene rings is 1. The molecule has 2 rings (SSSR count). The fraction of sp³-hybridized carbons (Fsp3) is 0.312. The zero-order valence-electron chi connectivity index (χ0n) is 12.8. The summed E-state index contributed by atoms with van der Waals surface area (Å²) in [6.07, 6.45) is 1.09. The molecule has 1 N–H and O–H groups in total. The van der Waals surface area contributed by atoms with Gasteiger partial charge in [-0.25, -0.2) is 9.78 Å². The molecular weight excluding hydrogens is 300 g/mol. The number of nitrogens with one attached hydrogen (secondary N) is 1. The molecule has 0 unspecified atom stereocenters. The van der Waals surface area contributed by atoms with E-state index in [0.29, 0.717) is 24.1 Å². The van der Waals surface area contributed by atoms with Crippen molar-refractivity contribution in [3.63, 3.8) is 0 Å². The molecule has 0 fully saturated rings. The van der Waals surface area contributed by atoms with Crippen LogP contribution in [0.3, 0.4) is 0 Å². The summed E-state index contributed by atoms with van der Waals surface area (Å²) in [6, 6.07) is 6.62. The van der Waals surface area contributed by atoms with Crippen molar-refractivity contribution in [2.24, 2.45) is 0 Å². The molecule has 5 nitrogen and oxygen atoms in total. The van der Waals surface area contributed by atoms with Crippen LogP contribution >= 0.6 is 11.3 Å². The van der Waals surface area contributed by atoms with E-state index in [2.05, 4.69) is 15.0 Å². The highest BCUT2D eigenvalue weighted by molar-refractivity contribution is 7.11. The molecule has 0 radical (unpaired) electrons. The molecule has 22 heavy (non-hydrogen) atoms. The number of carbonyl (C=O) groups excluding carboxylic acids is 2. The molecule has 1 amide bonds. The molecule has 0 aliphatic heterocycles. The molecule has 1 heterocycles. The standard InChI is InChI=1S/C16H18N2O3S/c1-10-14(22-11(2)17-10)8-9-15(19)18-13-6-4-12(5-7-13)16(20)21-3/h4-7H,8-9H2,1-3H3,(H,18,19). The molecule has 0 saturated heterocycles. The molecule has 0 atom stereocenters. The summed E-state index contributed by atoms with van der Waals surface area (Å²) in [6.45, 7) is 3.92. The largest absolute Gasteiger partial charge is 0.465 e. The van der Waals surface area contributed by atoms with Crippen LogP contribution in [0.25, 0.3) is 0 Å². The molecule has 0 aliphatic rings. The highest BCUT2D eigenvalue weighted by Crippen LogP contribution is 2.19. The Morgan fingerprint density at radius 3 is 2.45 bits per heavy atom. The number of methoxy groups -OCH3 is 1. The van der Waals surface area contributed by atoms with Crippen molar-refractivity contribution in [3.8, 4) is 0 Å². The van der Waals surface area contributed by atoms with E-state index in [4.69, 9.17) is 0 Å². The van der Waals surface area contributed by atoms with Gasteiger partial charge in [-0.15, -0.1) is 11.3 Å². The zero-order valence-corrected chi connectivity index (χ0v) is 13.6. The smallest absolute Gasteiger partial charge is 0.337 e. The Bertz CT molecular complexity index is 677. The molecule has 0 spiro atoms. The third kappa shape index (κ3) is 4.14. The zero-order chi connectivity index (χ0) is 16.1. The number of hydrogen-bond acceptors (Lipinski definition) is 5. The highest BCUT2D eigenvalue weighted by Gasteiger charge is 2.09. The van der Waals surface area contributed by atoms with Crippen molar-refractivity contribution in [1.82, 2.24) is 4.98 Å².